The number of carbonyl (C=O) groups excluding carboxylic acids is 1. The van der Waals surface area contributed by atoms with E-state index in [2.05, 4.69) is 12.2 Å². The number of esters is 1. The number of allylic oxidation sites excluding steroid dienone is 1. The molecule has 4 nitrogen and oxygen atoms in total. The van der Waals surface area contributed by atoms with Crippen molar-refractivity contribution in [3.8, 4) is 5.75 Å². The lowest BCUT2D eigenvalue weighted by atomic mass is 10.1. The van der Waals surface area contributed by atoms with Gasteiger partial charge in [0.1, 0.15) is 11.9 Å². The third-order valence-electron chi connectivity index (χ3n) is 4.02. The van der Waals surface area contributed by atoms with Crippen LogP contribution in [0.2, 0.25) is 0 Å². The number of carbonyl (C=O) groups is 1. The van der Waals surface area contributed by atoms with Gasteiger partial charge in [-0.25, -0.2) is 0 Å². The van der Waals surface area contributed by atoms with Gasteiger partial charge >= 0.3 is 5.97 Å². The van der Waals surface area contributed by atoms with Crippen molar-refractivity contribution in [2.75, 3.05) is 7.11 Å². The van der Waals surface area contributed by atoms with Crippen LogP contribution in [0.3, 0.4) is 0 Å². The molecule has 1 aliphatic rings. The number of benzene rings is 1. The van der Waals surface area contributed by atoms with Crippen LogP contribution < -0.4 is 4.74 Å². The fraction of sp³-hybridized carbons (Fsp3) is 0.526. The van der Waals surface area contributed by atoms with Crippen molar-refractivity contribution in [2.45, 2.75) is 57.8 Å². The Kier molecular flexibility index (Phi) is 7.14. The summed E-state index contributed by atoms with van der Waals surface area (Å²) in [6.07, 6.45) is 8.04. The van der Waals surface area contributed by atoms with Gasteiger partial charge < -0.3 is 14.2 Å². The molecule has 0 aliphatic carbocycles. The van der Waals surface area contributed by atoms with Crippen LogP contribution in [0.5, 0.6) is 5.75 Å². The average molecular weight is 318 g/mol. The minimum atomic E-state index is -0.227. The van der Waals surface area contributed by atoms with E-state index < -0.39 is 0 Å². The first-order chi connectivity index (χ1) is 11.2. The van der Waals surface area contributed by atoms with E-state index in [0.29, 0.717) is 19.4 Å². The molecule has 2 atom stereocenters. The first kappa shape index (κ1) is 17.5. The lowest BCUT2D eigenvalue weighted by Crippen LogP contribution is -2.31. The molecule has 0 fully saturated rings. The van der Waals surface area contributed by atoms with Gasteiger partial charge in [-0.2, -0.15) is 0 Å². The summed E-state index contributed by atoms with van der Waals surface area (Å²) in [6, 6.07) is 7.78. The average Bonchev–Trinajstić information content (AvgIpc) is 2.58. The van der Waals surface area contributed by atoms with Gasteiger partial charge in [-0.15, -0.1) is 0 Å². The predicted molar refractivity (Wildman–Crippen MR) is 89.4 cm³/mol. The van der Waals surface area contributed by atoms with E-state index in [1.165, 1.54) is 0 Å². The lowest BCUT2D eigenvalue weighted by Gasteiger charge is -2.24. The Morgan fingerprint density at radius 1 is 1.22 bits per heavy atom. The molecule has 126 valence electrons. The number of ether oxygens (including phenoxy) is 3. The van der Waals surface area contributed by atoms with E-state index in [0.717, 1.165) is 30.6 Å². The van der Waals surface area contributed by atoms with Gasteiger partial charge in [-0.3, -0.25) is 4.79 Å². The zero-order valence-electron chi connectivity index (χ0n) is 14.0. The second-order valence-corrected chi connectivity index (χ2v) is 5.85. The summed E-state index contributed by atoms with van der Waals surface area (Å²) in [5.41, 5.74) is 1.07. The van der Waals surface area contributed by atoms with Crippen molar-refractivity contribution in [3.05, 3.63) is 42.0 Å². The molecule has 4 heteroatoms. The molecule has 0 N–H and O–H groups in total. The lowest BCUT2D eigenvalue weighted by molar-refractivity contribution is -0.157. The van der Waals surface area contributed by atoms with Crippen molar-refractivity contribution in [3.63, 3.8) is 0 Å². The van der Waals surface area contributed by atoms with Gasteiger partial charge in [-0.1, -0.05) is 24.3 Å². The fourth-order valence-corrected chi connectivity index (χ4v) is 2.50. The molecule has 0 aromatic heterocycles. The van der Waals surface area contributed by atoms with Gasteiger partial charge in [0.15, 0.2) is 0 Å². The summed E-state index contributed by atoms with van der Waals surface area (Å²) in [7, 11) is 1.65. The molecule has 1 aliphatic heterocycles. The van der Waals surface area contributed by atoms with Gasteiger partial charge in [0, 0.05) is 12.8 Å². The highest BCUT2D eigenvalue weighted by atomic mass is 16.6. The second kappa shape index (κ2) is 9.36. The van der Waals surface area contributed by atoms with Gasteiger partial charge in [-0.05, 0) is 43.9 Å². The molecular formula is C19H26O4. The standard InChI is InChI=1S/C19H26O4/c1-15(22-14-16-10-12-17(21-2)13-11-16)18-8-6-4-3-5-7-9-19(20)23-18/h4,6,10-13,15,18H,3,5,7-9,14H2,1-2H3/b6-4-/t15-,18-/m0/s1. The topological polar surface area (TPSA) is 44.8 Å². The van der Waals surface area contributed by atoms with Gasteiger partial charge in [0.2, 0.25) is 0 Å². The predicted octanol–water partition coefficient (Wildman–Crippen LogP) is 4.03. The highest BCUT2D eigenvalue weighted by Gasteiger charge is 2.21. The molecule has 0 amide bonds. The van der Waals surface area contributed by atoms with Crippen LogP contribution >= 0.6 is 0 Å². The molecule has 0 radical (unpaired) electrons. The van der Waals surface area contributed by atoms with E-state index in [1.807, 2.05) is 31.2 Å². The maximum absolute atomic E-state index is 11.8. The highest BCUT2D eigenvalue weighted by molar-refractivity contribution is 5.69. The highest BCUT2D eigenvalue weighted by Crippen LogP contribution is 2.17. The molecule has 2 rings (SSSR count). The van der Waals surface area contributed by atoms with E-state index in [4.69, 9.17) is 14.2 Å². The van der Waals surface area contributed by atoms with Crippen molar-refractivity contribution >= 4 is 5.97 Å². The first-order valence-corrected chi connectivity index (χ1v) is 8.28. The van der Waals surface area contributed by atoms with Crippen molar-refractivity contribution < 1.29 is 19.0 Å². The van der Waals surface area contributed by atoms with E-state index >= 15 is 0 Å². The molecule has 1 aromatic rings. The molecule has 0 saturated carbocycles. The Bertz CT molecular complexity index is 507. The van der Waals surface area contributed by atoms with Crippen LogP contribution in [-0.2, 0) is 20.9 Å². The largest absolute Gasteiger partial charge is 0.497 e. The number of methoxy groups -OCH3 is 1. The Balaban J connectivity index is 1.89. The van der Waals surface area contributed by atoms with E-state index in [1.54, 1.807) is 7.11 Å². The summed E-state index contributed by atoms with van der Waals surface area (Å²) < 4.78 is 16.6. The number of rotatable bonds is 5. The zero-order valence-corrected chi connectivity index (χ0v) is 14.0. The maximum Gasteiger partial charge on any atom is 0.306 e. The molecule has 0 bridgehead atoms. The van der Waals surface area contributed by atoms with Crippen LogP contribution in [0.25, 0.3) is 0 Å². The zero-order chi connectivity index (χ0) is 16.5. The second-order valence-electron chi connectivity index (χ2n) is 5.85. The van der Waals surface area contributed by atoms with Crippen molar-refractivity contribution in [1.29, 1.82) is 0 Å². The molecule has 0 saturated heterocycles. The molecule has 0 spiro atoms. The van der Waals surface area contributed by atoms with Crippen LogP contribution in [0.15, 0.2) is 36.4 Å². The van der Waals surface area contributed by atoms with Crippen molar-refractivity contribution in [2.24, 2.45) is 0 Å². The normalized spacial score (nSPS) is 22.0. The van der Waals surface area contributed by atoms with E-state index in [-0.39, 0.29) is 18.2 Å². The fourth-order valence-electron chi connectivity index (χ4n) is 2.50. The Hall–Kier alpha value is -1.81. The smallest absolute Gasteiger partial charge is 0.306 e. The summed E-state index contributed by atoms with van der Waals surface area (Å²) in [5, 5.41) is 0. The Morgan fingerprint density at radius 2 is 2.00 bits per heavy atom. The Labute approximate surface area is 138 Å². The number of hydrogen-bond acceptors (Lipinski definition) is 4. The van der Waals surface area contributed by atoms with Crippen LogP contribution in [0, 0.1) is 0 Å². The molecule has 0 unspecified atom stereocenters. The molecule has 23 heavy (non-hydrogen) atoms. The van der Waals surface area contributed by atoms with Crippen molar-refractivity contribution in [1.82, 2.24) is 0 Å². The minimum absolute atomic E-state index is 0.120. The Morgan fingerprint density at radius 3 is 2.74 bits per heavy atom. The molecule has 1 heterocycles. The maximum atomic E-state index is 11.8. The van der Waals surface area contributed by atoms with Crippen LogP contribution in [-0.4, -0.2) is 25.3 Å². The number of cyclic esters (lactones) is 1. The van der Waals surface area contributed by atoms with E-state index in [9.17, 15) is 4.79 Å². The minimum Gasteiger partial charge on any atom is -0.497 e. The third-order valence-corrected chi connectivity index (χ3v) is 4.02. The summed E-state index contributed by atoms with van der Waals surface area (Å²) in [5.74, 6) is 0.707. The van der Waals surface area contributed by atoms with Gasteiger partial charge in [0.05, 0.1) is 19.8 Å². The summed E-state index contributed by atoms with van der Waals surface area (Å²) in [6.45, 7) is 2.45. The molecule has 1 aromatic carbocycles. The number of hydrogen-bond donors (Lipinski definition) is 0. The first-order valence-electron chi connectivity index (χ1n) is 8.28. The quantitative estimate of drug-likeness (QED) is 0.607. The third kappa shape index (κ3) is 6.06. The molecular weight excluding hydrogens is 292 g/mol. The summed E-state index contributed by atoms with van der Waals surface area (Å²) >= 11 is 0. The SMILES string of the molecule is COc1ccc(CO[C@@H](C)[C@@H]2C/C=C\CCCCC(=O)O2)cc1. The summed E-state index contributed by atoms with van der Waals surface area (Å²) in [4.78, 5) is 11.8. The van der Waals surface area contributed by atoms with Crippen LogP contribution in [0.4, 0.5) is 0 Å². The van der Waals surface area contributed by atoms with Crippen LogP contribution in [0.1, 0.15) is 44.6 Å². The monoisotopic (exact) mass is 318 g/mol. The van der Waals surface area contributed by atoms with Gasteiger partial charge in [0.25, 0.3) is 0 Å².